The molecule has 1 aromatic carbocycles. The van der Waals surface area contributed by atoms with Crippen LogP contribution in [0.1, 0.15) is 12.2 Å². The molecule has 3 aromatic rings. The summed E-state index contributed by atoms with van der Waals surface area (Å²) in [5, 5.41) is 13.1. The number of carbonyl (C=O) groups is 1. The first kappa shape index (κ1) is 21.6. The maximum absolute atomic E-state index is 13.5. The Kier molecular flexibility index (Phi) is 5.99. The molecular weight excluding hydrogens is 425 g/mol. The van der Waals surface area contributed by atoms with E-state index in [2.05, 4.69) is 15.3 Å². The van der Waals surface area contributed by atoms with Crippen molar-refractivity contribution in [2.45, 2.75) is 18.2 Å². The molecule has 0 saturated carbocycles. The van der Waals surface area contributed by atoms with Crippen molar-refractivity contribution in [3.05, 3.63) is 65.8 Å². The zero-order valence-corrected chi connectivity index (χ0v) is 16.3. The molecule has 0 bridgehead atoms. The quantitative estimate of drug-likeness (QED) is 0.604. The molecule has 0 fully saturated rings. The van der Waals surface area contributed by atoms with Gasteiger partial charge in [0.15, 0.2) is 5.82 Å². The van der Waals surface area contributed by atoms with Gasteiger partial charge in [0.1, 0.15) is 5.75 Å². The van der Waals surface area contributed by atoms with E-state index in [1.807, 2.05) is 0 Å². The van der Waals surface area contributed by atoms with Crippen LogP contribution < -0.4 is 10.1 Å². The van der Waals surface area contributed by atoms with E-state index in [4.69, 9.17) is 16.3 Å². The summed E-state index contributed by atoms with van der Waals surface area (Å²) in [4.78, 5) is 19.7. The van der Waals surface area contributed by atoms with Gasteiger partial charge in [0, 0.05) is 30.5 Å². The first-order chi connectivity index (χ1) is 14.1. The molecule has 158 valence electrons. The van der Waals surface area contributed by atoms with Gasteiger partial charge in [-0.15, -0.1) is 0 Å². The SMILES string of the molecule is Cn1ccnc1C(O)(CC(=O)Nc1ccc(Oc2ccc(Cl)cc2)nc1)C(F)(F)F. The summed E-state index contributed by atoms with van der Waals surface area (Å²) in [6.45, 7) is 0. The molecule has 0 saturated heterocycles. The van der Waals surface area contributed by atoms with Crippen molar-refractivity contribution in [3.8, 4) is 11.6 Å². The minimum absolute atomic E-state index is 0.132. The molecule has 1 amide bonds. The van der Waals surface area contributed by atoms with Gasteiger partial charge >= 0.3 is 6.18 Å². The lowest BCUT2D eigenvalue weighted by atomic mass is 9.97. The molecule has 0 spiro atoms. The van der Waals surface area contributed by atoms with Crippen LogP contribution in [0.25, 0.3) is 0 Å². The first-order valence-electron chi connectivity index (χ1n) is 8.55. The van der Waals surface area contributed by atoms with E-state index in [0.717, 1.165) is 10.8 Å². The fourth-order valence-corrected chi connectivity index (χ4v) is 2.77. The maximum Gasteiger partial charge on any atom is 0.425 e. The van der Waals surface area contributed by atoms with Crippen LogP contribution in [-0.2, 0) is 17.4 Å². The number of imidazole rings is 1. The summed E-state index contributed by atoms with van der Waals surface area (Å²) in [6.07, 6.45) is -2.82. The number of hydrogen-bond acceptors (Lipinski definition) is 5. The van der Waals surface area contributed by atoms with Gasteiger partial charge in [0.2, 0.25) is 17.4 Å². The van der Waals surface area contributed by atoms with E-state index in [0.29, 0.717) is 10.8 Å². The number of aliphatic hydroxyl groups is 1. The topological polar surface area (TPSA) is 89.3 Å². The number of rotatable bonds is 6. The number of benzene rings is 1. The van der Waals surface area contributed by atoms with Crippen LogP contribution in [0.4, 0.5) is 18.9 Å². The van der Waals surface area contributed by atoms with E-state index in [-0.39, 0.29) is 11.6 Å². The number of halogens is 4. The Labute approximate surface area is 174 Å². The Hall–Kier alpha value is -3.11. The molecular formula is C19H16ClF3N4O3. The summed E-state index contributed by atoms with van der Waals surface area (Å²) in [6, 6.07) is 9.37. The number of hydrogen-bond donors (Lipinski definition) is 2. The molecule has 2 N–H and O–H groups in total. The number of aromatic nitrogens is 3. The molecule has 2 aromatic heterocycles. The summed E-state index contributed by atoms with van der Waals surface area (Å²) in [5.41, 5.74) is -3.31. The van der Waals surface area contributed by atoms with Crippen molar-refractivity contribution in [2.24, 2.45) is 7.05 Å². The van der Waals surface area contributed by atoms with Gasteiger partial charge in [0.25, 0.3) is 0 Å². The maximum atomic E-state index is 13.5. The Morgan fingerprint density at radius 2 is 1.90 bits per heavy atom. The Bertz CT molecular complexity index is 1020. The molecule has 0 aliphatic heterocycles. The summed E-state index contributed by atoms with van der Waals surface area (Å²) in [7, 11) is 1.29. The minimum Gasteiger partial charge on any atom is -0.439 e. The van der Waals surface area contributed by atoms with E-state index in [1.165, 1.54) is 31.6 Å². The van der Waals surface area contributed by atoms with E-state index in [1.54, 1.807) is 24.3 Å². The monoisotopic (exact) mass is 440 g/mol. The average molecular weight is 441 g/mol. The lowest BCUT2D eigenvalue weighted by Crippen LogP contribution is -2.46. The number of ether oxygens (including phenoxy) is 1. The smallest absolute Gasteiger partial charge is 0.425 e. The lowest BCUT2D eigenvalue weighted by molar-refractivity contribution is -0.270. The number of aryl methyl sites for hydroxylation is 1. The normalized spacial score (nSPS) is 13.5. The molecule has 0 aliphatic rings. The molecule has 30 heavy (non-hydrogen) atoms. The Morgan fingerprint density at radius 3 is 2.43 bits per heavy atom. The predicted molar refractivity (Wildman–Crippen MR) is 102 cm³/mol. The molecule has 7 nitrogen and oxygen atoms in total. The number of anilines is 1. The van der Waals surface area contributed by atoms with Gasteiger partial charge in [-0.3, -0.25) is 4.79 Å². The van der Waals surface area contributed by atoms with Crippen molar-refractivity contribution >= 4 is 23.2 Å². The van der Waals surface area contributed by atoms with Gasteiger partial charge in [-0.2, -0.15) is 13.2 Å². The van der Waals surface area contributed by atoms with Gasteiger partial charge in [0.05, 0.1) is 18.3 Å². The highest BCUT2D eigenvalue weighted by Gasteiger charge is 2.58. The highest BCUT2D eigenvalue weighted by atomic mass is 35.5. The highest BCUT2D eigenvalue weighted by molar-refractivity contribution is 6.30. The molecule has 1 unspecified atom stereocenters. The van der Waals surface area contributed by atoms with Crippen LogP contribution in [0.15, 0.2) is 55.0 Å². The molecule has 0 aliphatic carbocycles. The number of nitrogens with one attached hydrogen (secondary N) is 1. The standard InChI is InChI=1S/C19H16ClF3N4O3/c1-27-9-8-24-17(27)18(29,19(21,22)23)10-15(28)26-13-4-7-16(25-11-13)30-14-5-2-12(20)3-6-14/h2-9,11,29H,10H2,1H3,(H,26,28). The first-order valence-corrected chi connectivity index (χ1v) is 8.92. The second kappa shape index (κ2) is 8.33. The molecule has 3 rings (SSSR count). The van der Waals surface area contributed by atoms with Gasteiger partial charge in [-0.25, -0.2) is 9.97 Å². The number of nitrogens with zero attached hydrogens (tertiary/aromatic N) is 3. The lowest BCUT2D eigenvalue weighted by Gasteiger charge is -2.29. The van der Waals surface area contributed by atoms with Crippen LogP contribution in [0.2, 0.25) is 5.02 Å². The second-order valence-corrected chi connectivity index (χ2v) is 6.82. The van der Waals surface area contributed by atoms with Gasteiger partial charge in [-0.1, -0.05) is 11.6 Å². The van der Waals surface area contributed by atoms with Crippen molar-refractivity contribution < 1.29 is 27.8 Å². The van der Waals surface area contributed by atoms with Crippen LogP contribution in [0.3, 0.4) is 0 Å². The molecule has 2 heterocycles. The Morgan fingerprint density at radius 1 is 1.20 bits per heavy atom. The van der Waals surface area contributed by atoms with Crippen molar-refractivity contribution in [3.63, 3.8) is 0 Å². The largest absolute Gasteiger partial charge is 0.439 e. The van der Waals surface area contributed by atoms with Crippen LogP contribution in [0, 0.1) is 0 Å². The van der Waals surface area contributed by atoms with Crippen molar-refractivity contribution in [1.29, 1.82) is 0 Å². The molecule has 0 radical (unpaired) electrons. The van der Waals surface area contributed by atoms with Crippen LogP contribution in [-0.4, -0.2) is 31.7 Å². The molecule has 11 heteroatoms. The zero-order valence-electron chi connectivity index (χ0n) is 15.5. The number of carbonyl (C=O) groups excluding carboxylic acids is 1. The van der Waals surface area contributed by atoms with Crippen molar-refractivity contribution in [1.82, 2.24) is 14.5 Å². The fourth-order valence-electron chi connectivity index (χ4n) is 2.65. The van der Waals surface area contributed by atoms with Crippen molar-refractivity contribution in [2.75, 3.05) is 5.32 Å². The minimum atomic E-state index is -5.11. The number of amides is 1. The highest BCUT2D eigenvalue weighted by Crippen LogP contribution is 2.40. The van der Waals surface area contributed by atoms with E-state index < -0.39 is 29.9 Å². The molecule has 1 atom stereocenters. The second-order valence-electron chi connectivity index (χ2n) is 6.39. The fraction of sp³-hybridized carbons (Fsp3) is 0.211. The number of alkyl halides is 3. The third-order valence-electron chi connectivity index (χ3n) is 4.13. The number of pyridine rings is 1. The third-order valence-corrected chi connectivity index (χ3v) is 4.38. The third kappa shape index (κ3) is 4.71. The van der Waals surface area contributed by atoms with Gasteiger partial charge < -0.3 is 19.7 Å². The van der Waals surface area contributed by atoms with Crippen LogP contribution in [0.5, 0.6) is 11.6 Å². The summed E-state index contributed by atoms with van der Waals surface area (Å²) < 4.78 is 47.0. The average Bonchev–Trinajstić information content (AvgIpc) is 3.10. The van der Waals surface area contributed by atoms with E-state index >= 15 is 0 Å². The van der Waals surface area contributed by atoms with Gasteiger partial charge in [-0.05, 0) is 30.3 Å². The van der Waals surface area contributed by atoms with E-state index in [9.17, 15) is 23.1 Å². The zero-order chi connectivity index (χ0) is 21.9. The summed E-state index contributed by atoms with van der Waals surface area (Å²) >= 11 is 5.79. The summed E-state index contributed by atoms with van der Waals surface area (Å²) in [5.74, 6) is -1.06. The Balaban J connectivity index is 1.69. The van der Waals surface area contributed by atoms with Crippen LogP contribution >= 0.6 is 11.6 Å². The predicted octanol–water partition coefficient (Wildman–Crippen LogP) is 4.04.